The van der Waals surface area contributed by atoms with Crippen LogP contribution in [0.3, 0.4) is 0 Å². The van der Waals surface area contributed by atoms with Gasteiger partial charge in [0.25, 0.3) is 0 Å². The van der Waals surface area contributed by atoms with Gasteiger partial charge in [0, 0.05) is 28.2 Å². The molecule has 2 aromatic carbocycles. The molecule has 30 heavy (non-hydrogen) atoms. The maximum absolute atomic E-state index is 12.7. The molecule has 4 rings (SSSR count). The lowest BCUT2D eigenvalue weighted by atomic mass is 10.1. The van der Waals surface area contributed by atoms with Crippen LogP contribution in [0, 0.1) is 0 Å². The van der Waals surface area contributed by atoms with Gasteiger partial charge in [-0.05, 0) is 48.5 Å². The summed E-state index contributed by atoms with van der Waals surface area (Å²) >= 11 is 0. The highest BCUT2D eigenvalue weighted by Crippen LogP contribution is 2.29. The van der Waals surface area contributed by atoms with Crippen LogP contribution in [0.4, 0.5) is 13.2 Å². The number of pyridine rings is 2. The van der Waals surface area contributed by atoms with Gasteiger partial charge >= 0.3 is 6.36 Å². The van der Waals surface area contributed by atoms with Crippen molar-refractivity contribution in [3.8, 4) is 34.0 Å². The molecule has 0 aliphatic heterocycles. The number of benzene rings is 2. The van der Waals surface area contributed by atoms with Gasteiger partial charge in [0.05, 0.1) is 18.5 Å². The Labute approximate surface area is 168 Å². The molecule has 8 heteroatoms. The lowest BCUT2D eigenvalue weighted by Crippen LogP contribution is -2.16. The number of halogens is 3. The Kier molecular flexibility index (Phi) is 4.91. The Morgan fingerprint density at radius 3 is 2.27 bits per heavy atom. The highest BCUT2D eigenvalue weighted by molar-refractivity contribution is 5.84. The van der Waals surface area contributed by atoms with Gasteiger partial charge in [0.2, 0.25) is 5.43 Å². The first kappa shape index (κ1) is 19.5. The summed E-state index contributed by atoms with van der Waals surface area (Å²) in [7, 11) is 1.43. The molecule has 4 aromatic rings. The first-order valence-corrected chi connectivity index (χ1v) is 8.87. The first-order valence-electron chi connectivity index (χ1n) is 8.87. The third-order valence-corrected chi connectivity index (χ3v) is 4.50. The molecule has 0 radical (unpaired) electrons. The van der Waals surface area contributed by atoms with E-state index in [2.05, 4.69) is 14.7 Å². The predicted octanol–water partition coefficient (Wildman–Crippen LogP) is 5.16. The highest BCUT2D eigenvalue weighted by atomic mass is 19.4. The minimum atomic E-state index is -4.74. The lowest BCUT2D eigenvalue weighted by molar-refractivity contribution is -0.274. The van der Waals surface area contributed by atoms with Crippen LogP contribution in [0.2, 0.25) is 0 Å². The van der Waals surface area contributed by atoms with E-state index in [4.69, 9.17) is 4.74 Å². The van der Waals surface area contributed by atoms with Crippen molar-refractivity contribution in [1.29, 1.82) is 0 Å². The van der Waals surface area contributed by atoms with Crippen LogP contribution in [-0.4, -0.2) is 23.4 Å². The third kappa shape index (κ3) is 3.84. The number of fused-ring (bicyclic) bond motifs is 1. The Balaban J connectivity index is 1.68. The number of para-hydroxylation sites is 1. The number of ether oxygens (including phenoxy) is 2. The average Bonchev–Trinajstić information content (AvgIpc) is 2.73. The van der Waals surface area contributed by atoms with Crippen LogP contribution in [0.5, 0.6) is 11.5 Å². The molecule has 0 saturated heterocycles. The van der Waals surface area contributed by atoms with Gasteiger partial charge in [-0.2, -0.15) is 0 Å². The van der Waals surface area contributed by atoms with Crippen molar-refractivity contribution in [3.05, 3.63) is 77.1 Å². The number of rotatable bonds is 4. The molecular weight excluding hydrogens is 397 g/mol. The van der Waals surface area contributed by atoms with Crippen molar-refractivity contribution in [2.75, 3.05) is 7.11 Å². The molecule has 152 valence electrons. The number of aromatic nitrogens is 2. The molecule has 2 heterocycles. The molecule has 1 N–H and O–H groups in total. The number of methoxy groups -OCH3 is 1. The van der Waals surface area contributed by atoms with E-state index >= 15 is 0 Å². The maximum Gasteiger partial charge on any atom is 0.573 e. The molecule has 0 unspecified atom stereocenters. The summed E-state index contributed by atoms with van der Waals surface area (Å²) in [6.07, 6.45) is -3.17. The van der Waals surface area contributed by atoms with E-state index in [1.54, 1.807) is 36.5 Å². The Morgan fingerprint density at radius 2 is 1.63 bits per heavy atom. The minimum Gasteiger partial charge on any atom is -0.491 e. The summed E-state index contributed by atoms with van der Waals surface area (Å²) in [6.45, 7) is 0. The van der Waals surface area contributed by atoms with Gasteiger partial charge in [-0.1, -0.05) is 12.1 Å². The Morgan fingerprint density at radius 1 is 0.933 bits per heavy atom. The number of nitrogens with zero attached hydrogens (tertiary/aromatic N) is 1. The second-order valence-electron chi connectivity index (χ2n) is 6.41. The van der Waals surface area contributed by atoms with E-state index in [9.17, 15) is 18.0 Å². The van der Waals surface area contributed by atoms with Gasteiger partial charge in [-0.15, -0.1) is 13.2 Å². The summed E-state index contributed by atoms with van der Waals surface area (Å²) in [5.41, 5.74) is 2.74. The summed E-state index contributed by atoms with van der Waals surface area (Å²) in [6, 6.07) is 16.0. The molecule has 0 fully saturated rings. The molecule has 0 saturated carbocycles. The fraction of sp³-hybridized carbons (Fsp3) is 0.0909. The molecule has 0 aliphatic carbocycles. The summed E-state index contributed by atoms with van der Waals surface area (Å²) in [4.78, 5) is 20.3. The number of alkyl halides is 3. The normalized spacial score (nSPS) is 11.5. The van der Waals surface area contributed by atoms with Gasteiger partial charge < -0.3 is 14.5 Å². The fourth-order valence-electron chi connectivity index (χ4n) is 3.16. The molecular formula is C22H15F3N2O3. The van der Waals surface area contributed by atoms with Crippen molar-refractivity contribution in [2.45, 2.75) is 6.36 Å². The zero-order valence-corrected chi connectivity index (χ0v) is 15.7. The van der Waals surface area contributed by atoms with Crippen molar-refractivity contribution >= 4 is 10.9 Å². The van der Waals surface area contributed by atoms with Gasteiger partial charge in [0.1, 0.15) is 5.75 Å². The number of nitrogens with one attached hydrogen (secondary N) is 1. The smallest absolute Gasteiger partial charge is 0.491 e. The summed E-state index contributed by atoms with van der Waals surface area (Å²) < 4.78 is 46.1. The highest BCUT2D eigenvalue weighted by Gasteiger charge is 2.31. The van der Waals surface area contributed by atoms with E-state index in [0.717, 1.165) is 0 Å². The number of H-pyrrole nitrogens is 1. The SMILES string of the molecule is COc1c(-c2ccc(-c3ccc(OC(F)(F)F)cc3)nc2)[nH]c2ccccc2c1=O. The Bertz CT molecular complexity index is 1250. The molecule has 0 spiro atoms. The molecule has 5 nitrogen and oxygen atoms in total. The molecule has 2 aromatic heterocycles. The van der Waals surface area contributed by atoms with E-state index in [1.807, 2.05) is 6.07 Å². The zero-order valence-electron chi connectivity index (χ0n) is 15.7. The fourth-order valence-corrected chi connectivity index (χ4v) is 3.16. The van der Waals surface area contributed by atoms with Crippen molar-refractivity contribution < 1.29 is 22.6 Å². The predicted molar refractivity (Wildman–Crippen MR) is 106 cm³/mol. The monoisotopic (exact) mass is 412 g/mol. The van der Waals surface area contributed by atoms with E-state index in [-0.39, 0.29) is 16.9 Å². The van der Waals surface area contributed by atoms with Gasteiger partial charge in [-0.25, -0.2) is 0 Å². The van der Waals surface area contributed by atoms with Crippen molar-refractivity contribution in [2.24, 2.45) is 0 Å². The van der Waals surface area contributed by atoms with Crippen LogP contribution in [0.15, 0.2) is 71.7 Å². The lowest BCUT2D eigenvalue weighted by Gasteiger charge is -2.11. The molecule has 0 bridgehead atoms. The van der Waals surface area contributed by atoms with E-state index < -0.39 is 6.36 Å². The molecule has 0 amide bonds. The van der Waals surface area contributed by atoms with Crippen molar-refractivity contribution in [3.63, 3.8) is 0 Å². The third-order valence-electron chi connectivity index (χ3n) is 4.50. The first-order chi connectivity index (χ1) is 14.4. The standard InChI is InChI=1S/C22H15F3N2O3/c1-29-21-19(27-18-5-3-2-4-16(18)20(21)28)14-8-11-17(26-12-14)13-6-9-15(10-7-13)30-22(23,24)25/h2-12H,1H3,(H,27,28). The molecule has 0 aliphatic rings. The second kappa shape index (κ2) is 7.55. The quantitative estimate of drug-likeness (QED) is 0.503. The Hall–Kier alpha value is -3.81. The van der Waals surface area contributed by atoms with Crippen LogP contribution < -0.4 is 14.9 Å². The number of hydrogen-bond acceptors (Lipinski definition) is 4. The average molecular weight is 412 g/mol. The molecule has 0 atom stereocenters. The van der Waals surface area contributed by atoms with E-state index in [1.165, 1.54) is 31.4 Å². The topological polar surface area (TPSA) is 64.2 Å². The van der Waals surface area contributed by atoms with E-state index in [0.29, 0.717) is 33.4 Å². The number of aromatic amines is 1. The minimum absolute atomic E-state index is 0.178. The van der Waals surface area contributed by atoms with Crippen LogP contribution in [0.25, 0.3) is 33.4 Å². The van der Waals surface area contributed by atoms with Crippen molar-refractivity contribution in [1.82, 2.24) is 9.97 Å². The van der Waals surface area contributed by atoms with Crippen LogP contribution in [0.1, 0.15) is 0 Å². The maximum atomic E-state index is 12.7. The summed E-state index contributed by atoms with van der Waals surface area (Å²) in [5.74, 6) is -0.127. The van der Waals surface area contributed by atoms with Crippen LogP contribution in [-0.2, 0) is 0 Å². The zero-order chi connectivity index (χ0) is 21.3. The summed E-state index contributed by atoms with van der Waals surface area (Å²) in [5, 5.41) is 0.517. The largest absolute Gasteiger partial charge is 0.573 e. The second-order valence-corrected chi connectivity index (χ2v) is 6.41. The number of hydrogen-bond donors (Lipinski definition) is 1. The van der Waals surface area contributed by atoms with Crippen LogP contribution >= 0.6 is 0 Å². The van der Waals surface area contributed by atoms with Gasteiger partial charge in [0.15, 0.2) is 5.75 Å². The van der Waals surface area contributed by atoms with Gasteiger partial charge in [-0.3, -0.25) is 9.78 Å².